The van der Waals surface area contributed by atoms with Crippen LogP contribution < -0.4 is 5.32 Å². The van der Waals surface area contributed by atoms with Gasteiger partial charge in [0.2, 0.25) is 0 Å². The number of alkyl halides is 3. The molecule has 0 aliphatic carbocycles. The van der Waals surface area contributed by atoms with Crippen LogP contribution in [0, 0.1) is 6.92 Å². The number of hydrogen-bond acceptors (Lipinski definition) is 2. The summed E-state index contributed by atoms with van der Waals surface area (Å²) >= 11 is 0. The second kappa shape index (κ2) is 7.64. The van der Waals surface area contributed by atoms with Gasteiger partial charge < -0.3 is 10.1 Å². The lowest BCUT2D eigenvalue weighted by molar-refractivity contribution is -0.149. The molecule has 0 fully saturated rings. The van der Waals surface area contributed by atoms with Crippen molar-refractivity contribution in [3.8, 4) is 0 Å². The quantitative estimate of drug-likeness (QED) is 0.819. The van der Waals surface area contributed by atoms with E-state index in [9.17, 15) is 13.2 Å². The first kappa shape index (κ1) is 17.0. The highest BCUT2D eigenvalue weighted by Gasteiger charge is 2.27. The van der Waals surface area contributed by atoms with Gasteiger partial charge in [-0.25, -0.2) is 0 Å². The first-order valence-corrected chi connectivity index (χ1v) is 6.76. The van der Waals surface area contributed by atoms with E-state index in [1.165, 1.54) is 0 Å². The Labute approximate surface area is 118 Å². The summed E-state index contributed by atoms with van der Waals surface area (Å²) in [7, 11) is 0. The third-order valence-electron chi connectivity index (χ3n) is 2.87. The predicted molar refractivity (Wildman–Crippen MR) is 73.7 cm³/mol. The zero-order valence-electron chi connectivity index (χ0n) is 12.1. The van der Waals surface area contributed by atoms with Gasteiger partial charge in [-0.1, -0.05) is 43.7 Å². The molecule has 0 saturated heterocycles. The maximum atomic E-state index is 12.2. The first-order chi connectivity index (χ1) is 9.28. The molecule has 114 valence electrons. The summed E-state index contributed by atoms with van der Waals surface area (Å²) in [5, 5.41) is 3.20. The van der Waals surface area contributed by atoms with E-state index < -0.39 is 12.6 Å². The molecule has 1 rings (SSSR count). The minimum absolute atomic E-state index is 0.258. The molecule has 1 N–H and O–H groups in total. The Hall–Kier alpha value is -1.07. The van der Waals surface area contributed by atoms with Crippen molar-refractivity contribution >= 4 is 0 Å². The van der Waals surface area contributed by atoms with Crippen LogP contribution >= 0.6 is 0 Å². The molecule has 0 radical (unpaired) electrons. The van der Waals surface area contributed by atoms with Gasteiger partial charge in [-0.15, -0.1) is 0 Å². The second-order valence-electron chi connectivity index (χ2n) is 5.20. The second-order valence-corrected chi connectivity index (χ2v) is 5.20. The molecule has 5 heteroatoms. The number of hydrogen-bond donors (Lipinski definition) is 1. The SMILES string of the molecule is Cc1ccc(C(CNC(C)C)OCCC(F)(F)F)cc1. The van der Waals surface area contributed by atoms with Crippen LogP contribution in [0.1, 0.15) is 37.5 Å². The predicted octanol–water partition coefficient (Wildman–Crippen LogP) is 4.00. The van der Waals surface area contributed by atoms with Gasteiger partial charge in [0.25, 0.3) is 0 Å². The van der Waals surface area contributed by atoms with Crippen molar-refractivity contribution in [2.45, 2.75) is 45.5 Å². The Kier molecular flexibility index (Phi) is 6.49. The Balaban J connectivity index is 2.62. The molecule has 0 heterocycles. The maximum Gasteiger partial charge on any atom is 0.391 e. The highest BCUT2D eigenvalue weighted by molar-refractivity contribution is 5.23. The Morgan fingerprint density at radius 3 is 2.25 bits per heavy atom. The molecular formula is C15H22F3NO. The van der Waals surface area contributed by atoms with Crippen molar-refractivity contribution in [3.63, 3.8) is 0 Å². The third-order valence-corrected chi connectivity index (χ3v) is 2.87. The molecule has 0 aromatic heterocycles. The highest BCUT2D eigenvalue weighted by Crippen LogP contribution is 2.23. The lowest BCUT2D eigenvalue weighted by Gasteiger charge is -2.21. The van der Waals surface area contributed by atoms with Gasteiger partial charge in [0.1, 0.15) is 0 Å². The first-order valence-electron chi connectivity index (χ1n) is 6.76. The van der Waals surface area contributed by atoms with Crippen LogP contribution in [0.2, 0.25) is 0 Å². The fourth-order valence-electron chi connectivity index (χ4n) is 1.71. The van der Waals surface area contributed by atoms with Crippen LogP contribution in [-0.4, -0.2) is 25.4 Å². The van der Waals surface area contributed by atoms with E-state index in [1.54, 1.807) is 0 Å². The summed E-state index contributed by atoms with van der Waals surface area (Å²) in [6.45, 7) is 6.12. The van der Waals surface area contributed by atoms with Crippen LogP contribution in [0.15, 0.2) is 24.3 Å². The van der Waals surface area contributed by atoms with Crippen LogP contribution in [0.3, 0.4) is 0 Å². The molecule has 20 heavy (non-hydrogen) atoms. The molecule has 0 spiro atoms. The van der Waals surface area contributed by atoms with E-state index in [0.29, 0.717) is 6.54 Å². The smallest absolute Gasteiger partial charge is 0.372 e. The molecule has 0 aliphatic rings. The molecule has 0 saturated carbocycles. The summed E-state index contributed by atoms with van der Waals surface area (Å²) in [5.41, 5.74) is 2.01. The van der Waals surface area contributed by atoms with Crippen molar-refractivity contribution in [1.29, 1.82) is 0 Å². The summed E-state index contributed by atoms with van der Waals surface area (Å²) < 4.78 is 42.0. The van der Waals surface area contributed by atoms with E-state index >= 15 is 0 Å². The Bertz CT molecular complexity index is 387. The monoisotopic (exact) mass is 289 g/mol. The van der Waals surface area contributed by atoms with E-state index in [4.69, 9.17) is 4.74 Å². The molecule has 1 aromatic carbocycles. The van der Waals surface area contributed by atoms with E-state index in [0.717, 1.165) is 11.1 Å². The molecule has 1 atom stereocenters. The number of halogens is 3. The zero-order valence-corrected chi connectivity index (χ0v) is 12.1. The molecule has 0 bridgehead atoms. The number of nitrogens with one attached hydrogen (secondary N) is 1. The fraction of sp³-hybridized carbons (Fsp3) is 0.600. The summed E-state index contributed by atoms with van der Waals surface area (Å²) in [6.07, 6.45) is -5.46. The maximum absolute atomic E-state index is 12.2. The van der Waals surface area contributed by atoms with Crippen LogP contribution in [-0.2, 0) is 4.74 Å². The Morgan fingerprint density at radius 2 is 1.75 bits per heavy atom. The number of rotatable bonds is 7. The normalized spacial score (nSPS) is 13.8. The van der Waals surface area contributed by atoms with Gasteiger partial charge in [-0.05, 0) is 12.5 Å². The lowest BCUT2D eigenvalue weighted by atomic mass is 10.1. The van der Waals surface area contributed by atoms with Gasteiger partial charge >= 0.3 is 6.18 Å². The highest BCUT2D eigenvalue weighted by atomic mass is 19.4. The van der Waals surface area contributed by atoms with Crippen molar-refractivity contribution < 1.29 is 17.9 Å². The molecule has 1 aromatic rings. The number of aryl methyl sites for hydroxylation is 1. The number of benzene rings is 1. The molecule has 1 unspecified atom stereocenters. The zero-order chi connectivity index (χ0) is 15.2. The molecule has 0 amide bonds. The average Bonchev–Trinajstić information content (AvgIpc) is 2.33. The summed E-state index contributed by atoms with van der Waals surface area (Å²) in [5.74, 6) is 0. The Morgan fingerprint density at radius 1 is 1.15 bits per heavy atom. The summed E-state index contributed by atoms with van der Waals surface area (Å²) in [6, 6.07) is 7.93. The van der Waals surface area contributed by atoms with Gasteiger partial charge in [0.15, 0.2) is 0 Å². The van der Waals surface area contributed by atoms with E-state index in [1.807, 2.05) is 45.0 Å². The third kappa shape index (κ3) is 6.91. The van der Waals surface area contributed by atoms with Crippen molar-refractivity contribution in [1.82, 2.24) is 5.32 Å². The molecule has 2 nitrogen and oxygen atoms in total. The van der Waals surface area contributed by atoms with Crippen molar-refractivity contribution in [2.24, 2.45) is 0 Å². The van der Waals surface area contributed by atoms with Gasteiger partial charge in [-0.2, -0.15) is 13.2 Å². The van der Waals surface area contributed by atoms with Crippen molar-refractivity contribution in [2.75, 3.05) is 13.2 Å². The largest absolute Gasteiger partial charge is 0.391 e. The van der Waals surface area contributed by atoms with Gasteiger partial charge in [0, 0.05) is 12.6 Å². The minimum Gasteiger partial charge on any atom is -0.372 e. The van der Waals surface area contributed by atoms with E-state index in [-0.39, 0.29) is 18.8 Å². The van der Waals surface area contributed by atoms with Gasteiger partial charge in [0.05, 0.1) is 19.1 Å². The minimum atomic E-state index is -4.18. The average molecular weight is 289 g/mol. The standard InChI is InChI=1S/C15H22F3NO/c1-11(2)19-10-14(20-9-8-15(16,17)18)13-6-4-12(3)5-7-13/h4-7,11,14,19H,8-10H2,1-3H3. The van der Waals surface area contributed by atoms with E-state index in [2.05, 4.69) is 5.32 Å². The van der Waals surface area contributed by atoms with Crippen LogP contribution in [0.4, 0.5) is 13.2 Å². The fourth-order valence-corrected chi connectivity index (χ4v) is 1.71. The molecule has 0 aliphatic heterocycles. The lowest BCUT2D eigenvalue weighted by Crippen LogP contribution is -2.29. The van der Waals surface area contributed by atoms with Gasteiger partial charge in [-0.3, -0.25) is 0 Å². The molecular weight excluding hydrogens is 267 g/mol. The summed E-state index contributed by atoms with van der Waals surface area (Å²) in [4.78, 5) is 0. The van der Waals surface area contributed by atoms with Crippen LogP contribution in [0.25, 0.3) is 0 Å². The topological polar surface area (TPSA) is 21.3 Å². The number of ether oxygens (including phenoxy) is 1. The van der Waals surface area contributed by atoms with Crippen molar-refractivity contribution in [3.05, 3.63) is 35.4 Å². The van der Waals surface area contributed by atoms with Crippen LogP contribution in [0.5, 0.6) is 0 Å².